The second-order valence-electron chi connectivity index (χ2n) is 10.2. The van der Waals surface area contributed by atoms with E-state index in [0.29, 0.717) is 28.6 Å². The summed E-state index contributed by atoms with van der Waals surface area (Å²) >= 11 is 6.05. The van der Waals surface area contributed by atoms with Gasteiger partial charge >= 0.3 is 0 Å². The third kappa shape index (κ3) is 7.98. The number of likely N-dealkylation sites (N-methyl/N-ethyl adjacent to an activating group) is 1. The number of hydrogen-bond donors (Lipinski definition) is 1. The number of nitrogens with one attached hydrogen (secondary N) is 1. The zero-order valence-electron chi connectivity index (χ0n) is 24.9. The molecule has 230 valence electrons. The summed E-state index contributed by atoms with van der Waals surface area (Å²) in [4.78, 5) is 29.5. The van der Waals surface area contributed by atoms with Gasteiger partial charge in [-0.1, -0.05) is 72.3 Å². The predicted molar refractivity (Wildman–Crippen MR) is 173 cm³/mol. The van der Waals surface area contributed by atoms with Crippen LogP contribution in [0.15, 0.2) is 108 Å². The Balaban J connectivity index is 1.81. The number of carbonyl (C=O) groups is 2. The first-order valence-electron chi connectivity index (χ1n) is 14.2. The molecule has 0 aliphatic heterocycles. The van der Waals surface area contributed by atoms with Gasteiger partial charge in [0, 0.05) is 24.5 Å². The quantitative estimate of drug-likeness (QED) is 0.206. The van der Waals surface area contributed by atoms with Crippen molar-refractivity contribution >= 4 is 39.1 Å². The number of halogens is 1. The van der Waals surface area contributed by atoms with Gasteiger partial charge in [-0.15, -0.1) is 0 Å². The maximum atomic E-state index is 14.5. The third-order valence-electron chi connectivity index (χ3n) is 7.17. The standard InChI is InChI=1S/C34H36ClN3O5S/c1-4-36-34(40)32(22-26-12-6-5-7-13-26)37(23-27-14-10-15-29(21-27)43-3)33(39)24-38(31-16-9-8-11-25(31)2)44(41,42)30-19-17-28(35)18-20-30/h5-21,32H,4,22-24H2,1-3H3,(H,36,40)/t32-/m1/s1. The molecule has 0 aromatic heterocycles. The van der Waals surface area contributed by atoms with Gasteiger partial charge in [0.2, 0.25) is 11.8 Å². The molecule has 1 atom stereocenters. The summed E-state index contributed by atoms with van der Waals surface area (Å²) in [5, 5.41) is 3.25. The summed E-state index contributed by atoms with van der Waals surface area (Å²) in [7, 11) is -2.66. The second kappa shape index (κ2) is 14.9. The zero-order valence-corrected chi connectivity index (χ0v) is 26.5. The van der Waals surface area contributed by atoms with Crippen LogP contribution in [0.1, 0.15) is 23.6 Å². The van der Waals surface area contributed by atoms with Gasteiger partial charge in [0.05, 0.1) is 17.7 Å². The molecule has 44 heavy (non-hydrogen) atoms. The molecule has 1 N–H and O–H groups in total. The van der Waals surface area contributed by atoms with E-state index in [-0.39, 0.29) is 23.8 Å². The topological polar surface area (TPSA) is 96.0 Å². The van der Waals surface area contributed by atoms with Crippen molar-refractivity contribution in [3.63, 3.8) is 0 Å². The van der Waals surface area contributed by atoms with Gasteiger partial charge in [0.25, 0.3) is 10.0 Å². The van der Waals surface area contributed by atoms with E-state index in [0.717, 1.165) is 15.4 Å². The van der Waals surface area contributed by atoms with Gasteiger partial charge < -0.3 is 15.0 Å². The molecule has 0 fully saturated rings. The first-order chi connectivity index (χ1) is 21.1. The molecule has 10 heteroatoms. The Labute approximate surface area is 264 Å². The van der Waals surface area contributed by atoms with E-state index >= 15 is 0 Å². The van der Waals surface area contributed by atoms with Crippen LogP contribution in [0.2, 0.25) is 5.02 Å². The summed E-state index contributed by atoms with van der Waals surface area (Å²) in [5.41, 5.74) is 2.61. The first kappa shape index (κ1) is 32.6. The molecule has 0 saturated carbocycles. The first-order valence-corrected chi connectivity index (χ1v) is 16.0. The number of nitrogens with zero attached hydrogens (tertiary/aromatic N) is 2. The van der Waals surface area contributed by atoms with Crippen molar-refractivity contribution in [2.24, 2.45) is 0 Å². The van der Waals surface area contributed by atoms with Gasteiger partial charge in [0.15, 0.2) is 0 Å². The van der Waals surface area contributed by atoms with E-state index in [4.69, 9.17) is 16.3 Å². The fraction of sp³-hybridized carbons (Fsp3) is 0.235. The molecule has 0 aliphatic carbocycles. The number of sulfonamides is 1. The predicted octanol–water partition coefficient (Wildman–Crippen LogP) is 5.63. The maximum absolute atomic E-state index is 14.5. The Kier molecular flexibility index (Phi) is 11.0. The molecule has 8 nitrogen and oxygen atoms in total. The fourth-order valence-corrected chi connectivity index (χ4v) is 6.51. The van der Waals surface area contributed by atoms with Crippen LogP contribution in [0, 0.1) is 6.92 Å². The van der Waals surface area contributed by atoms with Crippen molar-refractivity contribution in [3.05, 3.63) is 125 Å². The normalized spacial score (nSPS) is 11.8. The fourth-order valence-electron chi connectivity index (χ4n) is 4.90. The lowest BCUT2D eigenvalue weighted by Gasteiger charge is -2.34. The smallest absolute Gasteiger partial charge is 0.264 e. The molecule has 0 saturated heterocycles. The summed E-state index contributed by atoms with van der Waals surface area (Å²) in [5.74, 6) is -0.282. The van der Waals surface area contributed by atoms with Crippen LogP contribution >= 0.6 is 11.6 Å². The van der Waals surface area contributed by atoms with Crippen molar-refractivity contribution in [3.8, 4) is 5.75 Å². The van der Waals surface area contributed by atoms with E-state index in [1.165, 1.54) is 29.2 Å². The van der Waals surface area contributed by atoms with Crippen LogP contribution in [-0.2, 0) is 32.6 Å². The molecule has 0 unspecified atom stereocenters. The molecule has 0 bridgehead atoms. The molecule has 0 radical (unpaired) electrons. The minimum absolute atomic E-state index is 0.0122. The van der Waals surface area contributed by atoms with Crippen LogP contribution in [-0.4, -0.2) is 51.4 Å². The highest BCUT2D eigenvalue weighted by molar-refractivity contribution is 7.92. The van der Waals surface area contributed by atoms with Crippen LogP contribution in [0.4, 0.5) is 5.69 Å². The average molecular weight is 634 g/mol. The number of amides is 2. The second-order valence-corrected chi connectivity index (χ2v) is 12.5. The summed E-state index contributed by atoms with van der Waals surface area (Å²) < 4.78 is 34.7. The van der Waals surface area contributed by atoms with E-state index in [9.17, 15) is 18.0 Å². The van der Waals surface area contributed by atoms with E-state index in [1.54, 1.807) is 56.5 Å². The van der Waals surface area contributed by atoms with Crippen LogP contribution in [0.5, 0.6) is 5.75 Å². The molecular formula is C34H36ClN3O5S. The minimum atomic E-state index is -4.21. The van der Waals surface area contributed by atoms with Crippen LogP contribution in [0.3, 0.4) is 0 Å². The van der Waals surface area contributed by atoms with Crippen LogP contribution < -0.4 is 14.4 Å². The zero-order chi connectivity index (χ0) is 31.7. The molecule has 2 amide bonds. The Morgan fingerprint density at radius 1 is 0.886 bits per heavy atom. The molecular weight excluding hydrogens is 598 g/mol. The summed E-state index contributed by atoms with van der Waals surface area (Å²) in [6, 6.07) is 28.5. The highest BCUT2D eigenvalue weighted by atomic mass is 35.5. The minimum Gasteiger partial charge on any atom is -0.497 e. The average Bonchev–Trinajstić information content (AvgIpc) is 3.02. The molecule has 0 aliphatic rings. The third-order valence-corrected chi connectivity index (χ3v) is 9.20. The van der Waals surface area contributed by atoms with Gasteiger partial charge in [0.1, 0.15) is 18.3 Å². The number of rotatable bonds is 13. The molecule has 4 aromatic carbocycles. The number of carbonyl (C=O) groups excluding carboxylic acids is 2. The van der Waals surface area contributed by atoms with E-state index in [1.807, 2.05) is 43.3 Å². The SMILES string of the molecule is CCNC(=O)[C@@H](Cc1ccccc1)N(Cc1cccc(OC)c1)C(=O)CN(c1ccccc1C)S(=O)(=O)c1ccc(Cl)cc1. The maximum Gasteiger partial charge on any atom is 0.264 e. The number of para-hydroxylation sites is 1. The lowest BCUT2D eigenvalue weighted by molar-refractivity contribution is -0.140. The molecule has 0 heterocycles. The monoisotopic (exact) mass is 633 g/mol. The van der Waals surface area contributed by atoms with Gasteiger partial charge in [-0.25, -0.2) is 8.42 Å². The van der Waals surface area contributed by atoms with E-state index in [2.05, 4.69) is 5.32 Å². The number of methoxy groups -OCH3 is 1. The Hall–Kier alpha value is -4.34. The molecule has 0 spiro atoms. The van der Waals surface area contributed by atoms with Crippen molar-refractivity contribution < 1.29 is 22.7 Å². The highest BCUT2D eigenvalue weighted by Crippen LogP contribution is 2.28. The van der Waals surface area contributed by atoms with Gasteiger partial charge in [-0.2, -0.15) is 0 Å². The Morgan fingerprint density at radius 2 is 1.55 bits per heavy atom. The number of hydrogen-bond acceptors (Lipinski definition) is 5. The summed E-state index contributed by atoms with van der Waals surface area (Å²) in [6.45, 7) is 3.47. The summed E-state index contributed by atoms with van der Waals surface area (Å²) in [6.07, 6.45) is 0.233. The van der Waals surface area contributed by atoms with E-state index < -0.39 is 28.5 Å². The number of anilines is 1. The van der Waals surface area contributed by atoms with Crippen molar-refractivity contribution in [2.45, 2.75) is 37.8 Å². The highest BCUT2D eigenvalue weighted by Gasteiger charge is 2.35. The number of aryl methyl sites for hydroxylation is 1. The largest absolute Gasteiger partial charge is 0.497 e. The number of ether oxygens (including phenoxy) is 1. The lowest BCUT2D eigenvalue weighted by Crippen LogP contribution is -2.53. The molecule has 4 rings (SSSR count). The van der Waals surface area contributed by atoms with Crippen LogP contribution in [0.25, 0.3) is 0 Å². The van der Waals surface area contributed by atoms with Gasteiger partial charge in [-0.05, 0) is 73.0 Å². The Bertz CT molecular complexity index is 1680. The lowest BCUT2D eigenvalue weighted by atomic mass is 10.0. The van der Waals surface area contributed by atoms with Crippen molar-refractivity contribution in [1.29, 1.82) is 0 Å². The molecule has 4 aromatic rings. The Morgan fingerprint density at radius 3 is 2.20 bits per heavy atom. The van der Waals surface area contributed by atoms with Crippen molar-refractivity contribution in [2.75, 3.05) is 24.5 Å². The number of benzene rings is 4. The van der Waals surface area contributed by atoms with Crippen molar-refractivity contribution in [1.82, 2.24) is 10.2 Å². The van der Waals surface area contributed by atoms with Gasteiger partial charge in [-0.3, -0.25) is 13.9 Å².